The Hall–Kier alpha value is -1.62. The summed E-state index contributed by atoms with van der Waals surface area (Å²) < 4.78 is 0. The molecule has 0 spiro atoms. The molecule has 2 aromatic rings. The number of nitrogens with zero attached hydrogens (tertiary/aromatic N) is 3. The number of hydrogen-bond acceptors (Lipinski definition) is 5. The van der Waals surface area contributed by atoms with Gasteiger partial charge >= 0.3 is 0 Å². The van der Waals surface area contributed by atoms with Crippen molar-refractivity contribution in [3.8, 4) is 5.88 Å². The van der Waals surface area contributed by atoms with E-state index in [9.17, 15) is 5.11 Å². The zero-order valence-electron chi connectivity index (χ0n) is 12.1. The van der Waals surface area contributed by atoms with Crippen LogP contribution in [0.5, 0.6) is 5.88 Å². The molecule has 0 unspecified atom stereocenters. The lowest BCUT2D eigenvalue weighted by Gasteiger charge is -2.07. The van der Waals surface area contributed by atoms with E-state index in [2.05, 4.69) is 34.9 Å². The van der Waals surface area contributed by atoms with Crippen LogP contribution in [-0.2, 0) is 12.2 Å². The Morgan fingerprint density at radius 2 is 2.00 bits per heavy atom. The maximum atomic E-state index is 9.46. The van der Waals surface area contributed by atoms with Gasteiger partial charge < -0.3 is 5.11 Å². The van der Waals surface area contributed by atoms with Crippen molar-refractivity contribution < 1.29 is 5.11 Å². The van der Waals surface area contributed by atoms with Gasteiger partial charge in [-0.1, -0.05) is 31.2 Å². The van der Waals surface area contributed by atoms with Crippen molar-refractivity contribution in [2.75, 3.05) is 0 Å². The highest BCUT2D eigenvalue weighted by Crippen LogP contribution is 2.22. The topological polar surface area (TPSA) is 58.9 Å². The van der Waals surface area contributed by atoms with E-state index in [0.717, 1.165) is 24.2 Å². The second kappa shape index (κ2) is 6.70. The molecule has 0 radical (unpaired) electrons. The van der Waals surface area contributed by atoms with Crippen molar-refractivity contribution in [3.63, 3.8) is 0 Å². The third kappa shape index (κ3) is 3.93. The molecule has 0 aromatic carbocycles. The fourth-order valence-electron chi connectivity index (χ4n) is 1.96. The summed E-state index contributed by atoms with van der Waals surface area (Å²) in [5, 5.41) is 10.0. The summed E-state index contributed by atoms with van der Waals surface area (Å²) in [5.74, 6) is 0.726. The molecule has 2 aromatic heterocycles. The Labute approximate surface area is 123 Å². The molecular formula is C15H19N3OS. The summed E-state index contributed by atoms with van der Waals surface area (Å²) in [5.41, 5.74) is 4.28. The quantitative estimate of drug-likeness (QED) is 0.675. The van der Waals surface area contributed by atoms with Crippen molar-refractivity contribution >= 4 is 11.8 Å². The van der Waals surface area contributed by atoms with E-state index in [1.807, 2.05) is 13.1 Å². The van der Waals surface area contributed by atoms with Crippen LogP contribution in [0.2, 0.25) is 0 Å². The molecule has 5 heteroatoms. The minimum atomic E-state index is 0.0166. The monoisotopic (exact) mass is 289 g/mol. The standard InChI is InChI=1S/C15H19N3OS/c1-4-5-12-6-10(2)13(16-8-12)9-20-15-17-11(3)7-14(19)18-15/h6-8H,4-5,9H2,1-3H3,(H,17,18,19). The third-order valence-corrected chi connectivity index (χ3v) is 3.80. The summed E-state index contributed by atoms with van der Waals surface area (Å²) in [6.45, 7) is 6.09. The Kier molecular flexibility index (Phi) is 4.95. The highest BCUT2D eigenvalue weighted by Gasteiger charge is 2.06. The summed E-state index contributed by atoms with van der Waals surface area (Å²) >= 11 is 1.49. The number of pyridine rings is 1. The number of rotatable bonds is 5. The van der Waals surface area contributed by atoms with Crippen molar-refractivity contribution in [2.24, 2.45) is 0 Å². The molecule has 0 saturated carbocycles. The van der Waals surface area contributed by atoms with Gasteiger partial charge in [0, 0.05) is 23.7 Å². The highest BCUT2D eigenvalue weighted by molar-refractivity contribution is 7.98. The molecule has 0 aliphatic carbocycles. The normalized spacial score (nSPS) is 10.8. The SMILES string of the molecule is CCCc1cnc(CSc2nc(C)cc(O)n2)c(C)c1. The second-order valence-electron chi connectivity index (χ2n) is 4.80. The summed E-state index contributed by atoms with van der Waals surface area (Å²) in [4.78, 5) is 12.8. The minimum Gasteiger partial charge on any atom is -0.493 e. The van der Waals surface area contributed by atoms with Gasteiger partial charge in [0.2, 0.25) is 5.88 Å². The van der Waals surface area contributed by atoms with E-state index >= 15 is 0 Å². The third-order valence-electron chi connectivity index (χ3n) is 2.94. The molecule has 0 fully saturated rings. The van der Waals surface area contributed by atoms with Gasteiger partial charge in [-0.2, -0.15) is 4.98 Å². The predicted octanol–water partition coefficient (Wildman–Crippen LogP) is 3.44. The molecule has 0 atom stereocenters. The van der Waals surface area contributed by atoms with E-state index in [1.54, 1.807) is 6.07 Å². The van der Waals surface area contributed by atoms with Gasteiger partial charge in [-0.15, -0.1) is 0 Å². The largest absolute Gasteiger partial charge is 0.493 e. The van der Waals surface area contributed by atoms with Crippen molar-refractivity contribution in [2.45, 2.75) is 44.5 Å². The van der Waals surface area contributed by atoms with Crippen LogP contribution in [0.4, 0.5) is 0 Å². The fraction of sp³-hybridized carbons (Fsp3) is 0.400. The Bertz CT molecular complexity index is 581. The Morgan fingerprint density at radius 3 is 2.65 bits per heavy atom. The first-order chi connectivity index (χ1) is 9.58. The molecule has 20 heavy (non-hydrogen) atoms. The van der Waals surface area contributed by atoms with E-state index < -0.39 is 0 Å². The number of aromatic nitrogens is 3. The van der Waals surface area contributed by atoms with Crippen molar-refractivity contribution in [3.05, 3.63) is 40.8 Å². The number of aryl methyl sites for hydroxylation is 3. The van der Waals surface area contributed by atoms with Crippen LogP contribution in [0, 0.1) is 13.8 Å². The minimum absolute atomic E-state index is 0.0166. The molecule has 0 aliphatic heterocycles. The summed E-state index contributed by atoms with van der Waals surface area (Å²) in [6, 6.07) is 3.74. The van der Waals surface area contributed by atoms with E-state index in [4.69, 9.17) is 0 Å². The summed E-state index contributed by atoms with van der Waals surface area (Å²) in [7, 11) is 0. The number of hydrogen-bond donors (Lipinski definition) is 1. The first-order valence-electron chi connectivity index (χ1n) is 6.70. The lowest BCUT2D eigenvalue weighted by atomic mass is 10.1. The van der Waals surface area contributed by atoms with Crippen LogP contribution >= 0.6 is 11.8 Å². The highest BCUT2D eigenvalue weighted by atomic mass is 32.2. The molecule has 0 aliphatic rings. The van der Waals surface area contributed by atoms with Gasteiger partial charge in [0.05, 0.1) is 5.69 Å². The average Bonchev–Trinajstić information content (AvgIpc) is 2.37. The molecule has 2 heterocycles. The molecule has 0 saturated heterocycles. The van der Waals surface area contributed by atoms with Crippen LogP contribution in [0.3, 0.4) is 0 Å². The molecule has 0 bridgehead atoms. The average molecular weight is 289 g/mol. The first-order valence-corrected chi connectivity index (χ1v) is 7.69. The maximum Gasteiger partial charge on any atom is 0.215 e. The van der Waals surface area contributed by atoms with Gasteiger partial charge in [-0.05, 0) is 31.4 Å². The molecule has 0 amide bonds. The van der Waals surface area contributed by atoms with Gasteiger partial charge in [-0.3, -0.25) is 4.98 Å². The molecule has 2 rings (SSSR count). The van der Waals surface area contributed by atoms with Gasteiger partial charge in [0.15, 0.2) is 5.16 Å². The maximum absolute atomic E-state index is 9.46. The van der Waals surface area contributed by atoms with E-state index in [0.29, 0.717) is 10.9 Å². The van der Waals surface area contributed by atoms with Crippen molar-refractivity contribution in [1.82, 2.24) is 15.0 Å². The number of thioether (sulfide) groups is 1. The zero-order chi connectivity index (χ0) is 14.5. The molecule has 1 N–H and O–H groups in total. The fourth-order valence-corrected chi connectivity index (χ4v) is 2.90. The molecule has 106 valence electrons. The van der Waals surface area contributed by atoms with Crippen LogP contribution in [0.25, 0.3) is 0 Å². The van der Waals surface area contributed by atoms with Crippen LogP contribution in [0.15, 0.2) is 23.5 Å². The van der Waals surface area contributed by atoms with Crippen LogP contribution in [0.1, 0.15) is 35.9 Å². The smallest absolute Gasteiger partial charge is 0.215 e. The second-order valence-corrected chi connectivity index (χ2v) is 5.74. The van der Waals surface area contributed by atoms with Gasteiger partial charge in [-0.25, -0.2) is 4.98 Å². The first kappa shape index (κ1) is 14.8. The summed E-state index contributed by atoms with van der Waals surface area (Å²) in [6.07, 6.45) is 4.14. The van der Waals surface area contributed by atoms with Gasteiger partial charge in [0.25, 0.3) is 0 Å². The Morgan fingerprint density at radius 1 is 1.20 bits per heavy atom. The number of aromatic hydroxyl groups is 1. The van der Waals surface area contributed by atoms with Crippen molar-refractivity contribution in [1.29, 1.82) is 0 Å². The van der Waals surface area contributed by atoms with E-state index in [-0.39, 0.29) is 5.88 Å². The van der Waals surface area contributed by atoms with Gasteiger partial charge in [0.1, 0.15) is 0 Å². The zero-order valence-corrected chi connectivity index (χ0v) is 12.9. The van der Waals surface area contributed by atoms with Crippen LogP contribution < -0.4 is 0 Å². The Balaban J connectivity index is 2.06. The molecule has 4 nitrogen and oxygen atoms in total. The van der Waals surface area contributed by atoms with E-state index in [1.165, 1.54) is 22.9 Å². The lowest BCUT2D eigenvalue weighted by molar-refractivity contribution is 0.444. The lowest BCUT2D eigenvalue weighted by Crippen LogP contribution is -1.96. The molecular weight excluding hydrogens is 270 g/mol. The predicted molar refractivity (Wildman–Crippen MR) is 81.0 cm³/mol. The van der Waals surface area contributed by atoms with Crippen LogP contribution in [-0.4, -0.2) is 20.1 Å².